The van der Waals surface area contributed by atoms with Gasteiger partial charge in [0.1, 0.15) is 11.2 Å². The highest BCUT2D eigenvalue weighted by atomic mass is 16.3. The third-order valence-electron chi connectivity index (χ3n) is 9.12. The summed E-state index contributed by atoms with van der Waals surface area (Å²) in [5.74, 6) is 1.84. The Balaban J connectivity index is 1.34. The summed E-state index contributed by atoms with van der Waals surface area (Å²) in [5, 5.41) is 2.16. The molecule has 4 heteroatoms. The van der Waals surface area contributed by atoms with Crippen LogP contribution in [0.3, 0.4) is 0 Å². The van der Waals surface area contributed by atoms with E-state index in [9.17, 15) is 0 Å². The smallest absolute Gasteiger partial charge is 0.164 e. The van der Waals surface area contributed by atoms with E-state index in [-0.39, 0.29) is 5.41 Å². The van der Waals surface area contributed by atoms with Gasteiger partial charge in [-0.15, -0.1) is 0 Å². The van der Waals surface area contributed by atoms with Gasteiger partial charge in [0.05, 0.1) is 0 Å². The number of aromatic nitrogens is 3. The molecule has 6 aromatic carbocycles. The van der Waals surface area contributed by atoms with E-state index in [0.717, 1.165) is 60.9 Å². The number of benzene rings is 6. The maximum atomic E-state index is 6.25. The van der Waals surface area contributed by atoms with E-state index >= 15 is 0 Å². The summed E-state index contributed by atoms with van der Waals surface area (Å²) >= 11 is 0. The van der Waals surface area contributed by atoms with Crippen LogP contribution in [0.15, 0.2) is 144 Å². The van der Waals surface area contributed by atoms with Crippen LogP contribution < -0.4 is 0 Å². The maximum absolute atomic E-state index is 6.25. The Morgan fingerprint density at radius 2 is 0.938 bits per heavy atom. The van der Waals surface area contributed by atoms with Crippen LogP contribution >= 0.6 is 0 Å². The van der Waals surface area contributed by atoms with Gasteiger partial charge in [0, 0.05) is 27.5 Å². The molecule has 0 aliphatic carbocycles. The van der Waals surface area contributed by atoms with Crippen molar-refractivity contribution in [2.45, 2.75) is 33.1 Å². The van der Waals surface area contributed by atoms with E-state index in [1.54, 1.807) is 0 Å². The molecule has 232 valence electrons. The normalized spacial score (nSPS) is 11.8. The van der Waals surface area contributed by atoms with Gasteiger partial charge in [0.25, 0.3) is 0 Å². The molecular formula is C44H35N3O. The first kappa shape index (κ1) is 29.5. The van der Waals surface area contributed by atoms with Crippen LogP contribution in [0.2, 0.25) is 0 Å². The Morgan fingerprint density at radius 1 is 0.438 bits per heavy atom. The van der Waals surface area contributed by atoms with Crippen molar-refractivity contribution in [3.05, 3.63) is 151 Å². The fourth-order valence-corrected chi connectivity index (χ4v) is 6.43. The third-order valence-corrected chi connectivity index (χ3v) is 9.12. The molecule has 48 heavy (non-hydrogen) atoms. The van der Waals surface area contributed by atoms with Gasteiger partial charge < -0.3 is 4.42 Å². The Morgan fingerprint density at radius 3 is 1.58 bits per heavy atom. The van der Waals surface area contributed by atoms with Gasteiger partial charge in [-0.1, -0.05) is 130 Å². The van der Waals surface area contributed by atoms with Crippen molar-refractivity contribution >= 4 is 21.9 Å². The fraction of sp³-hybridized carbons (Fsp3) is 0.114. The predicted molar refractivity (Wildman–Crippen MR) is 198 cm³/mol. The maximum Gasteiger partial charge on any atom is 0.164 e. The highest BCUT2D eigenvalue weighted by Crippen LogP contribution is 2.38. The standard InChI is InChI=1S/C44H35N3O/c1-28-37(29-13-7-5-8-14-29)25-33(26-38(28)30-19-22-34(23-20-30)44(2,3)4)43-46-41(31-15-9-6-10-16-31)45-42(47-43)32-21-24-36-35-17-11-12-18-39(35)48-40(36)27-32/h5-27H,1-4H3. The van der Waals surface area contributed by atoms with Crippen LogP contribution in [-0.2, 0) is 5.41 Å². The number of hydrogen-bond acceptors (Lipinski definition) is 4. The van der Waals surface area contributed by atoms with Crippen molar-refractivity contribution in [3.63, 3.8) is 0 Å². The summed E-state index contributed by atoms with van der Waals surface area (Å²) in [6.07, 6.45) is 0. The lowest BCUT2D eigenvalue weighted by Gasteiger charge is -2.20. The lowest BCUT2D eigenvalue weighted by Crippen LogP contribution is -2.10. The summed E-state index contributed by atoms with van der Waals surface area (Å²) < 4.78 is 6.25. The highest BCUT2D eigenvalue weighted by Gasteiger charge is 2.19. The number of rotatable bonds is 5. The van der Waals surface area contributed by atoms with Crippen molar-refractivity contribution in [2.24, 2.45) is 0 Å². The SMILES string of the molecule is Cc1c(-c2ccccc2)cc(-c2nc(-c3ccccc3)nc(-c3ccc4c(c3)oc3ccccc34)n2)cc1-c1ccc(C(C)(C)C)cc1. The molecule has 0 fully saturated rings. The van der Waals surface area contributed by atoms with Gasteiger partial charge in [0.15, 0.2) is 17.5 Å². The lowest BCUT2D eigenvalue weighted by molar-refractivity contribution is 0.590. The first-order valence-electron chi connectivity index (χ1n) is 16.4. The van der Waals surface area contributed by atoms with Crippen molar-refractivity contribution in [2.75, 3.05) is 0 Å². The molecule has 0 bridgehead atoms. The molecular weight excluding hydrogens is 587 g/mol. The Kier molecular flexibility index (Phi) is 7.22. The molecule has 0 saturated heterocycles. The van der Waals surface area contributed by atoms with Crippen LogP contribution in [0.1, 0.15) is 31.9 Å². The second kappa shape index (κ2) is 11.7. The first-order valence-corrected chi connectivity index (χ1v) is 16.4. The van der Waals surface area contributed by atoms with Crippen LogP contribution in [0, 0.1) is 6.92 Å². The fourth-order valence-electron chi connectivity index (χ4n) is 6.43. The quantitative estimate of drug-likeness (QED) is 0.192. The van der Waals surface area contributed by atoms with E-state index in [1.807, 2.05) is 54.6 Å². The Bertz CT molecular complexity index is 2420. The van der Waals surface area contributed by atoms with E-state index in [4.69, 9.17) is 19.4 Å². The topological polar surface area (TPSA) is 51.8 Å². The van der Waals surface area contributed by atoms with E-state index < -0.39 is 0 Å². The average molecular weight is 622 g/mol. The van der Waals surface area contributed by atoms with E-state index in [2.05, 4.69) is 113 Å². The van der Waals surface area contributed by atoms with Crippen LogP contribution in [0.5, 0.6) is 0 Å². The van der Waals surface area contributed by atoms with Crippen molar-refractivity contribution in [1.82, 2.24) is 15.0 Å². The molecule has 2 heterocycles. The average Bonchev–Trinajstić information content (AvgIpc) is 3.50. The largest absolute Gasteiger partial charge is 0.456 e. The van der Waals surface area contributed by atoms with Gasteiger partial charge in [-0.05, 0) is 76.1 Å². The summed E-state index contributed by atoms with van der Waals surface area (Å²) in [6, 6.07) is 48.4. The molecule has 4 nitrogen and oxygen atoms in total. The second-order valence-electron chi connectivity index (χ2n) is 13.4. The molecule has 0 unspecified atom stereocenters. The second-order valence-corrected chi connectivity index (χ2v) is 13.4. The van der Waals surface area contributed by atoms with E-state index in [0.29, 0.717) is 17.5 Å². The monoisotopic (exact) mass is 621 g/mol. The van der Waals surface area contributed by atoms with Gasteiger partial charge in [-0.25, -0.2) is 15.0 Å². The van der Waals surface area contributed by atoms with Crippen molar-refractivity contribution in [3.8, 4) is 56.4 Å². The molecule has 0 spiro atoms. The van der Waals surface area contributed by atoms with Gasteiger partial charge in [0.2, 0.25) is 0 Å². The van der Waals surface area contributed by atoms with Gasteiger partial charge in [-0.3, -0.25) is 0 Å². The Hall–Kier alpha value is -5.87. The molecule has 0 N–H and O–H groups in total. The molecule has 0 atom stereocenters. The highest BCUT2D eigenvalue weighted by molar-refractivity contribution is 6.05. The summed E-state index contributed by atoms with van der Waals surface area (Å²) in [5.41, 5.74) is 11.6. The minimum atomic E-state index is 0.0745. The number of fused-ring (bicyclic) bond motifs is 3. The molecule has 8 aromatic rings. The first-order chi connectivity index (χ1) is 23.3. The minimum absolute atomic E-state index is 0.0745. The zero-order valence-electron chi connectivity index (χ0n) is 27.5. The molecule has 0 amide bonds. The molecule has 0 saturated carbocycles. The number of para-hydroxylation sites is 1. The van der Waals surface area contributed by atoms with Gasteiger partial charge >= 0.3 is 0 Å². The zero-order valence-corrected chi connectivity index (χ0v) is 27.5. The van der Waals surface area contributed by atoms with Crippen molar-refractivity contribution < 1.29 is 4.42 Å². The summed E-state index contributed by atoms with van der Waals surface area (Å²) in [7, 11) is 0. The molecule has 2 aromatic heterocycles. The van der Waals surface area contributed by atoms with E-state index in [1.165, 1.54) is 11.1 Å². The minimum Gasteiger partial charge on any atom is -0.456 e. The molecule has 8 rings (SSSR count). The third kappa shape index (κ3) is 5.46. The summed E-state index contributed by atoms with van der Waals surface area (Å²) in [4.78, 5) is 15.2. The lowest BCUT2D eigenvalue weighted by atomic mass is 9.85. The van der Waals surface area contributed by atoms with Crippen LogP contribution in [-0.4, -0.2) is 15.0 Å². The summed E-state index contributed by atoms with van der Waals surface area (Å²) in [6.45, 7) is 8.94. The number of nitrogens with zero attached hydrogens (tertiary/aromatic N) is 3. The van der Waals surface area contributed by atoms with Gasteiger partial charge in [-0.2, -0.15) is 0 Å². The molecule has 0 aliphatic heterocycles. The number of hydrogen-bond donors (Lipinski definition) is 0. The predicted octanol–water partition coefficient (Wildman–Crippen LogP) is 11.7. The zero-order chi connectivity index (χ0) is 32.8. The molecule has 0 radical (unpaired) electrons. The number of furan rings is 1. The van der Waals surface area contributed by atoms with Crippen LogP contribution in [0.25, 0.3) is 78.4 Å². The van der Waals surface area contributed by atoms with Crippen molar-refractivity contribution in [1.29, 1.82) is 0 Å². The molecule has 0 aliphatic rings. The Labute approximate surface area is 280 Å². The van der Waals surface area contributed by atoms with Crippen LogP contribution in [0.4, 0.5) is 0 Å².